The van der Waals surface area contributed by atoms with Gasteiger partial charge in [-0.15, -0.1) is 11.3 Å². The van der Waals surface area contributed by atoms with Gasteiger partial charge in [0.1, 0.15) is 16.4 Å². The quantitative estimate of drug-likeness (QED) is 0.509. The van der Waals surface area contributed by atoms with Crippen LogP contribution in [0.15, 0.2) is 35.5 Å². The molecule has 0 saturated carbocycles. The number of anilines is 2. The molecule has 1 aromatic carbocycles. The van der Waals surface area contributed by atoms with Crippen LogP contribution in [0.4, 0.5) is 11.5 Å². The Morgan fingerprint density at radius 2 is 2.07 bits per heavy atom. The molecule has 0 radical (unpaired) electrons. The van der Waals surface area contributed by atoms with Crippen LogP contribution in [-0.4, -0.2) is 42.3 Å². The molecule has 0 atom stereocenters. The summed E-state index contributed by atoms with van der Waals surface area (Å²) in [6.07, 6.45) is 4.32. The molecule has 0 aliphatic carbocycles. The number of hydrogen-bond donors (Lipinski definition) is 1. The Morgan fingerprint density at radius 3 is 2.81 bits per heavy atom. The normalized spacial score (nSPS) is 13.9. The van der Waals surface area contributed by atoms with Gasteiger partial charge in [0.2, 0.25) is 0 Å². The van der Waals surface area contributed by atoms with E-state index in [1.807, 2.05) is 30.5 Å². The van der Waals surface area contributed by atoms with Crippen molar-refractivity contribution in [2.24, 2.45) is 0 Å². The molecule has 8 heteroatoms. The summed E-state index contributed by atoms with van der Waals surface area (Å²) in [5.74, 6) is 1.50. The van der Waals surface area contributed by atoms with Gasteiger partial charge in [-0.05, 0) is 37.3 Å². The number of rotatable bonds is 5. The third kappa shape index (κ3) is 3.72. The number of benzene rings is 1. The molecule has 4 rings (SSSR count). The first-order chi connectivity index (χ1) is 13.2. The fourth-order valence-corrected chi connectivity index (χ4v) is 4.49. The second-order valence-corrected chi connectivity index (χ2v) is 8.05. The van der Waals surface area contributed by atoms with Crippen LogP contribution in [0, 0.1) is 0 Å². The lowest BCUT2D eigenvalue weighted by Gasteiger charge is -2.17. The van der Waals surface area contributed by atoms with Crippen LogP contribution >= 0.6 is 23.1 Å². The second kappa shape index (κ2) is 7.74. The average molecular weight is 401 g/mol. The van der Waals surface area contributed by atoms with Crippen molar-refractivity contribution in [1.82, 2.24) is 9.97 Å². The molecule has 1 N–H and O–H groups in total. The van der Waals surface area contributed by atoms with Crippen molar-refractivity contribution in [2.45, 2.75) is 18.0 Å². The van der Waals surface area contributed by atoms with Gasteiger partial charge < -0.3 is 15.0 Å². The van der Waals surface area contributed by atoms with E-state index in [1.165, 1.54) is 35.9 Å². The van der Waals surface area contributed by atoms with Gasteiger partial charge in [0, 0.05) is 24.8 Å². The summed E-state index contributed by atoms with van der Waals surface area (Å²) in [5.41, 5.74) is 0.701. The monoisotopic (exact) mass is 400 g/mol. The van der Waals surface area contributed by atoms with E-state index in [1.54, 1.807) is 13.2 Å². The van der Waals surface area contributed by atoms with Crippen LogP contribution in [0.1, 0.15) is 22.5 Å². The van der Waals surface area contributed by atoms with Gasteiger partial charge in [-0.1, -0.05) is 17.8 Å². The largest absolute Gasteiger partial charge is 0.497 e. The van der Waals surface area contributed by atoms with Crippen molar-refractivity contribution in [1.29, 1.82) is 0 Å². The van der Waals surface area contributed by atoms with Gasteiger partial charge in [-0.3, -0.25) is 4.79 Å². The highest BCUT2D eigenvalue weighted by molar-refractivity contribution is 7.98. The molecule has 140 valence electrons. The minimum absolute atomic E-state index is 0.149. The SMILES string of the molecule is COc1cccc(NC(=O)c2cc3c(N4CCCC4)nc(SC)nc3s2)c1. The summed E-state index contributed by atoms with van der Waals surface area (Å²) >= 11 is 2.93. The first-order valence-corrected chi connectivity index (χ1v) is 10.8. The van der Waals surface area contributed by atoms with Crippen molar-refractivity contribution in [3.63, 3.8) is 0 Å². The Morgan fingerprint density at radius 1 is 1.26 bits per heavy atom. The van der Waals surface area contributed by atoms with Crippen LogP contribution in [0.3, 0.4) is 0 Å². The van der Waals surface area contributed by atoms with E-state index < -0.39 is 0 Å². The zero-order valence-electron chi connectivity index (χ0n) is 15.2. The van der Waals surface area contributed by atoms with E-state index in [0.717, 1.165) is 34.3 Å². The summed E-state index contributed by atoms with van der Waals surface area (Å²) in [7, 11) is 1.61. The topological polar surface area (TPSA) is 67.3 Å². The lowest BCUT2D eigenvalue weighted by molar-refractivity contribution is 0.103. The zero-order valence-corrected chi connectivity index (χ0v) is 16.8. The minimum Gasteiger partial charge on any atom is -0.497 e. The number of hydrogen-bond acceptors (Lipinski definition) is 7. The number of aromatic nitrogens is 2. The van der Waals surface area contributed by atoms with Crippen LogP contribution in [-0.2, 0) is 0 Å². The number of ether oxygens (including phenoxy) is 1. The van der Waals surface area contributed by atoms with E-state index in [2.05, 4.69) is 15.2 Å². The van der Waals surface area contributed by atoms with Gasteiger partial charge in [0.15, 0.2) is 5.16 Å². The maximum atomic E-state index is 12.8. The van der Waals surface area contributed by atoms with E-state index in [-0.39, 0.29) is 5.91 Å². The highest BCUT2D eigenvalue weighted by Crippen LogP contribution is 2.34. The van der Waals surface area contributed by atoms with Crippen molar-refractivity contribution in [3.05, 3.63) is 35.2 Å². The predicted molar refractivity (Wildman–Crippen MR) is 112 cm³/mol. The fraction of sp³-hybridized carbons (Fsp3) is 0.316. The van der Waals surface area contributed by atoms with Crippen LogP contribution in [0.25, 0.3) is 10.2 Å². The molecule has 0 unspecified atom stereocenters. The lowest BCUT2D eigenvalue weighted by atomic mass is 10.3. The minimum atomic E-state index is -0.149. The molecule has 3 aromatic rings. The number of carbonyl (C=O) groups is 1. The molecule has 1 aliphatic heterocycles. The van der Waals surface area contributed by atoms with E-state index in [0.29, 0.717) is 16.3 Å². The molecular formula is C19H20N4O2S2. The van der Waals surface area contributed by atoms with Crippen molar-refractivity contribution in [2.75, 3.05) is 36.7 Å². The molecule has 0 spiro atoms. The Kier molecular flexibility index (Phi) is 5.18. The summed E-state index contributed by atoms with van der Waals surface area (Å²) in [5, 5.41) is 4.63. The van der Waals surface area contributed by atoms with Crippen molar-refractivity contribution in [3.8, 4) is 5.75 Å². The zero-order chi connectivity index (χ0) is 18.8. The van der Waals surface area contributed by atoms with Crippen molar-refractivity contribution < 1.29 is 9.53 Å². The van der Waals surface area contributed by atoms with Gasteiger partial charge >= 0.3 is 0 Å². The first kappa shape index (κ1) is 18.1. The number of nitrogens with one attached hydrogen (secondary N) is 1. The first-order valence-electron chi connectivity index (χ1n) is 8.74. The Hall–Kier alpha value is -2.32. The summed E-state index contributed by atoms with van der Waals surface area (Å²) in [6.45, 7) is 2.00. The number of fused-ring (bicyclic) bond motifs is 1. The van der Waals surface area contributed by atoms with Gasteiger partial charge in [0.25, 0.3) is 5.91 Å². The molecule has 27 heavy (non-hydrogen) atoms. The molecule has 1 saturated heterocycles. The average Bonchev–Trinajstić information content (AvgIpc) is 3.37. The third-order valence-electron chi connectivity index (χ3n) is 4.49. The number of thiophene rings is 1. The number of nitrogens with zero attached hydrogens (tertiary/aromatic N) is 3. The molecule has 3 heterocycles. The highest BCUT2D eigenvalue weighted by Gasteiger charge is 2.21. The van der Waals surface area contributed by atoms with Gasteiger partial charge in [-0.25, -0.2) is 9.97 Å². The van der Waals surface area contributed by atoms with E-state index in [9.17, 15) is 4.79 Å². The standard InChI is InChI=1S/C19H20N4O2S2/c1-25-13-7-5-6-12(10-13)20-17(24)15-11-14-16(23-8-3-4-9-23)21-19(26-2)22-18(14)27-15/h5-7,10-11H,3-4,8-9H2,1-2H3,(H,20,24). The predicted octanol–water partition coefficient (Wildman–Crippen LogP) is 4.27. The molecular weight excluding hydrogens is 380 g/mol. The number of thioether (sulfide) groups is 1. The van der Waals surface area contributed by atoms with Crippen molar-refractivity contribution >= 4 is 50.7 Å². The molecule has 1 aliphatic rings. The summed E-state index contributed by atoms with van der Waals surface area (Å²) in [4.78, 5) is 25.9. The highest BCUT2D eigenvalue weighted by atomic mass is 32.2. The van der Waals surface area contributed by atoms with Crippen LogP contribution in [0.2, 0.25) is 0 Å². The maximum Gasteiger partial charge on any atom is 0.265 e. The Balaban J connectivity index is 1.67. The number of methoxy groups -OCH3 is 1. The second-order valence-electron chi connectivity index (χ2n) is 6.24. The van der Waals surface area contributed by atoms with Gasteiger partial charge in [-0.2, -0.15) is 0 Å². The molecule has 2 aromatic heterocycles. The van der Waals surface area contributed by atoms with Crippen LogP contribution in [0.5, 0.6) is 5.75 Å². The molecule has 1 fully saturated rings. The van der Waals surface area contributed by atoms with Crippen LogP contribution < -0.4 is 15.0 Å². The fourth-order valence-electron chi connectivity index (χ4n) is 3.15. The van der Waals surface area contributed by atoms with Gasteiger partial charge in [0.05, 0.1) is 17.4 Å². The van der Waals surface area contributed by atoms with E-state index >= 15 is 0 Å². The number of carbonyl (C=O) groups excluding carboxylic acids is 1. The Bertz CT molecular complexity index is 983. The summed E-state index contributed by atoms with van der Waals surface area (Å²) in [6, 6.07) is 9.24. The van der Waals surface area contributed by atoms with E-state index in [4.69, 9.17) is 9.72 Å². The lowest BCUT2D eigenvalue weighted by Crippen LogP contribution is -2.19. The third-order valence-corrected chi connectivity index (χ3v) is 6.07. The number of amides is 1. The maximum absolute atomic E-state index is 12.8. The molecule has 6 nitrogen and oxygen atoms in total. The molecule has 0 bridgehead atoms. The summed E-state index contributed by atoms with van der Waals surface area (Å²) < 4.78 is 5.21. The molecule has 1 amide bonds. The smallest absolute Gasteiger partial charge is 0.265 e. The Labute approximate surface area is 166 Å².